The van der Waals surface area contributed by atoms with Gasteiger partial charge in [-0.1, -0.05) is 33.6 Å². The third kappa shape index (κ3) is 1.86. The summed E-state index contributed by atoms with van der Waals surface area (Å²) in [6.45, 7) is 2.01. The average Bonchev–Trinajstić information content (AvgIpc) is 3.05. The van der Waals surface area contributed by atoms with Crippen molar-refractivity contribution in [2.24, 2.45) is 23.7 Å². The number of amides is 1. The summed E-state index contributed by atoms with van der Waals surface area (Å²) in [6, 6.07) is 7.71. The van der Waals surface area contributed by atoms with E-state index >= 15 is 0 Å². The Balaban J connectivity index is 1.57. The zero-order valence-corrected chi connectivity index (χ0v) is 13.2. The van der Waals surface area contributed by atoms with Crippen molar-refractivity contribution in [3.8, 4) is 0 Å². The molecule has 1 amide bonds. The maximum atomic E-state index is 12.6. The lowest BCUT2D eigenvalue weighted by atomic mass is 9.79. The molecule has 6 atom stereocenters. The second-order valence-electron chi connectivity index (χ2n) is 6.32. The lowest BCUT2D eigenvalue weighted by Gasteiger charge is -2.27. The number of nitrogens with one attached hydrogen (secondary N) is 1. The van der Waals surface area contributed by atoms with Crippen LogP contribution in [0.5, 0.6) is 0 Å². The molecule has 1 aromatic carbocycles. The molecule has 5 heteroatoms. The Bertz CT molecular complexity index is 614. The van der Waals surface area contributed by atoms with Gasteiger partial charge in [-0.2, -0.15) is 0 Å². The van der Waals surface area contributed by atoms with E-state index in [0.717, 1.165) is 17.7 Å². The molecule has 110 valence electrons. The van der Waals surface area contributed by atoms with Gasteiger partial charge >= 0.3 is 5.97 Å². The molecule has 1 aliphatic heterocycles. The van der Waals surface area contributed by atoms with E-state index < -0.39 is 0 Å². The molecule has 1 heterocycles. The van der Waals surface area contributed by atoms with Crippen molar-refractivity contribution in [3.63, 3.8) is 0 Å². The number of ether oxygens (including phenoxy) is 1. The molecular weight excluding hydrogens is 334 g/mol. The Morgan fingerprint density at radius 1 is 1.29 bits per heavy atom. The van der Waals surface area contributed by atoms with Gasteiger partial charge in [0.05, 0.1) is 16.7 Å². The van der Waals surface area contributed by atoms with E-state index in [-0.39, 0.29) is 46.5 Å². The summed E-state index contributed by atoms with van der Waals surface area (Å²) in [4.78, 5) is 24.8. The largest absolute Gasteiger partial charge is 0.461 e. The minimum atomic E-state index is -0.271. The number of carbonyl (C=O) groups is 2. The van der Waals surface area contributed by atoms with Gasteiger partial charge in [-0.15, -0.1) is 0 Å². The molecular formula is C16H16BrNO3. The Hall–Kier alpha value is -1.36. The monoisotopic (exact) mass is 349 g/mol. The first kappa shape index (κ1) is 13.3. The van der Waals surface area contributed by atoms with Crippen LogP contribution in [0, 0.1) is 30.6 Å². The molecule has 0 radical (unpaired) electrons. The first-order valence-electron chi connectivity index (χ1n) is 7.28. The predicted molar refractivity (Wildman–Crippen MR) is 81.0 cm³/mol. The number of rotatable bonds is 2. The number of esters is 1. The van der Waals surface area contributed by atoms with Crippen LogP contribution in [0.1, 0.15) is 12.0 Å². The normalized spacial score (nSPS) is 39.4. The van der Waals surface area contributed by atoms with Gasteiger partial charge < -0.3 is 10.1 Å². The van der Waals surface area contributed by atoms with Crippen molar-refractivity contribution in [2.45, 2.75) is 24.3 Å². The zero-order chi connectivity index (χ0) is 14.7. The van der Waals surface area contributed by atoms with Gasteiger partial charge in [-0.3, -0.25) is 9.59 Å². The fraction of sp³-hybridized carbons (Fsp3) is 0.500. The highest BCUT2D eigenvalue weighted by atomic mass is 79.9. The van der Waals surface area contributed by atoms with E-state index in [4.69, 9.17) is 4.74 Å². The number of hydrogen-bond donors (Lipinski definition) is 1. The van der Waals surface area contributed by atoms with Crippen LogP contribution in [0.15, 0.2) is 24.3 Å². The van der Waals surface area contributed by atoms with Gasteiger partial charge in [0.2, 0.25) is 5.91 Å². The van der Waals surface area contributed by atoms with Crippen molar-refractivity contribution in [1.82, 2.24) is 0 Å². The molecule has 0 unspecified atom stereocenters. The second-order valence-corrected chi connectivity index (χ2v) is 7.37. The first-order chi connectivity index (χ1) is 10.1. The van der Waals surface area contributed by atoms with Crippen LogP contribution in [-0.4, -0.2) is 22.8 Å². The molecule has 1 N–H and O–H groups in total. The van der Waals surface area contributed by atoms with Crippen LogP contribution < -0.4 is 5.32 Å². The highest BCUT2D eigenvalue weighted by Crippen LogP contribution is 2.60. The number of alkyl halides is 1. The van der Waals surface area contributed by atoms with E-state index in [2.05, 4.69) is 21.2 Å². The molecule has 3 fully saturated rings. The lowest BCUT2D eigenvalue weighted by molar-refractivity contribution is -0.145. The maximum Gasteiger partial charge on any atom is 0.310 e. The van der Waals surface area contributed by atoms with Crippen LogP contribution in [0.3, 0.4) is 0 Å². The highest BCUT2D eigenvalue weighted by Gasteiger charge is 2.67. The topological polar surface area (TPSA) is 55.4 Å². The number of benzene rings is 1. The molecule has 1 aromatic rings. The van der Waals surface area contributed by atoms with E-state index in [0.29, 0.717) is 0 Å². The molecule has 4 rings (SSSR count). The third-order valence-corrected chi connectivity index (χ3v) is 6.34. The number of hydrogen-bond acceptors (Lipinski definition) is 3. The third-order valence-electron chi connectivity index (χ3n) is 5.14. The average molecular weight is 350 g/mol. The molecule has 2 aliphatic carbocycles. The summed E-state index contributed by atoms with van der Waals surface area (Å²) in [5.74, 6) is -0.370. The first-order valence-corrected chi connectivity index (χ1v) is 8.20. The summed E-state index contributed by atoms with van der Waals surface area (Å²) in [5.41, 5.74) is 1.93. The fourth-order valence-electron chi connectivity index (χ4n) is 4.19. The SMILES string of the molecule is Cc1ccc(NC(=O)[C@H]2[C@H]3C[C@H]4[C@H](OC(=O)[C@@H]42)[C@@H]3Br)cc1. The summed E-state index contributed by atoms with van der Waals surface area (Å²) in [5, 5.41) is 2.95. The summed E-state index contributed by atoms with van der Waals surface area (Å²) in [6.07, 6.45) is 0.874. The quantitative estimate of drug-likeness (QED) is 0.659. The van der Waals surface area contributed by atoms with Gasteiger partial charge in [-0.25, -0.2) is 0 Å². The summed E-state index contributed by atoms with van der Waals surface area (Å²) in [7, 11) is 0. The van der Waals surface area contributed by atoms with Crippen LogP contribution in [0.25, 0.3) is 0 Å². The van der Waals surface area contributed by atoms with Crippen LogP contribution in [0.2, 0.25) is 0 Å². The van der Waals surface area contributed by atoms with E-state index in [1.54, 1.807) is 0 Å². The van der Waals surface area contributed by atoms with Crippen molar-refractivity contribution in [2.75, 3.05) is 5.32 Å². The van der Waals surface area contributed by atoms with Crippen LogP contribution >= 0.6 is 15.9 Å². The molecule has 2 saturated carbocycles. The molecule has 1 saturated heterocycles. The molecule has 21 heavy (non-hydrogen) atoms. The van der Waals surface area contributed by atoms with Gasteiger partial charge in [0.15, 0.2) is 0 Å². The van der Waals surface area contributed by atoms with Gasteiger partial charge in [-0.05, 0) is 31.4 Å². The van der Waals surface area contributed by atoms with Gasteiger partial charge in [0.25, 0.3) is 0 Å². The summed E-state index contributed by atoms with van der Waals surface area (Å²) < 4.78 is 5.43. The lowest BCUT2D eigenvalue weighted by Crippen LogP contribution is -2.40. The van der Waals surface area contributed by atoms with Crippen molar-refractivity contribution >= 4 is 33.5 Å². The van der Waals surface area contributed by atoms with Gasteiger partial charge in [0, 0.05) is 11.6 Å². The predicted octanol–water partition coefficient (Wildman–Crippen LogP) is 2.50. The molecule has 2 bridgehead atoms. The van der Waals surface area contributed by atoms with Gasteiger partial charge in [0.1, 0.15) is 6.10 Å². The number of anilines is 1. The van der Waals surface area contributed by atoms with E-state index in [1.807, 2.05) is 31.2 Å². The smallest absolute Gasteiger partial charge is 0.310 e. The Kier molecular flexibility index (Phi) is 2.89. The number of halogens is 1. The number of aryl methyl sites for hydroxylation is 1. The molecule has 0 spiro atoms. The van der Waals surface area contributed by atoms with Crippen molar-refractivity contribution in [1.29, 1.82) is 0 Å². The van der Waals surface area contributed by atoms with Crippen molar-refractivity contribution in [3.05, 3.63) is 29.8 Å². The minimum absolute atomic E-state index is 0.0316. The van der Waals surface area contributed by atoms with Crippen LogP contribution in [0.4, 0.5) is 5.69 Å². The standard InChI is InChI=1S/C16H16BrNO3/c1-7-2-4-8(5-3-7)18-15(19)11-9-6-10-12(11)16(20)21-14(10)13(9)17/h2-5,9-14H,6H2,1H3,(H,18,19)/t9-,10-,11+,12+,13-,14+/m1/s1. The molecule has 0 aromatic heterocycles. The summed E-state index contributed by atoms with van der Waals surface area (Å²) >= 11 is 3.62. The fourth-order valence-corrected chi connectivity index (χ4v) is 5.24. The highest BCUT2D eigenvalue weighted by molar-refractivity contribution is 9.09. The Morgan fingerprint density at radius 2 is 2.00 bits per heavy atom. The number of fused-ring (bicyclic) bond motifs is 1. The van der Waals surface area contributed by atoms with E-state index in [9.17, 15) is 9.59 Å². The van der Waals surface area contributed by atoms with E-state index in [1.165, 1.54) is 0 Å². The maximum absolute atomic E-state index is 12.6. The Labute approximate surface area is 131 Å². The molecule has 4 nitrogen and oxygen atoms in total. The number of carbonyl (C=O) groups excluding carboxylic acids is 2. The Morgan fingerprint density at radius 3 is 2.71 bits per heavy atom. The van der Waals surface area contributed by atoms with Crippen LogP contribution in [-0.2, 0) is 14.3 Å². The second kappa shape index (κ2) is 4.57. The molecule has 3 aliphatic rings. The minimum Gasteiger partial charge on any atom is -0.461 e. The zero-order valence-electron chi connectivity index (χ0n) is 11.6. The van der Waals surface area contributed by atoms with Crippen molar-refractivity contribution < 1.29 is 14.3 Å².